The van der Waals surface area contributed by atoms with Crippen LogP contribution in [0.4, 0.5) is 5.95 Å². The Bertz CT molecular complexity index is 1640. The summed E-state index contributed by atoms with van der Waals surface area (Å²) in [5, 5.41) is 12.9. The number of rotatable bonds is 7. The zero-order chi connectivity index (χ0) is 28.5. The molecule has 0 saturated carbocycles. The van der Waals surface area contributed by atoms with E-state index in [0.717, 1.165) is 72.8 Å². The average molecular weight is 566 g/mol. The topological polar surface area (TPSA) is 106 Å². The smallest absolute Gasteiger partial charge is 0.225 e. The van der Waals surface area contributed by atoms with Crippen molar-refractivity contribution in [2.75, 3.05) is 57.8 Å². The maximum absolute atomic E-state index is 6.10. The molecule has 12 heteroatoms. The number of hydrogen-bond acceptors (Lipinski definition) is 10. The number of piperazine rings is 1. The van der Waals surface area contributed by atoms with Gasteiger partial charge >= 0.3 is 0 Å². The molecule has 42 heavy (non-hydrogen) atoms. The van der Waals surface area contributed by atoms with Gasteiger partial charge in [0.1, 0.15) is 5.52 Å². The second-order valence-electron chi connectivity index (χ2n) is 11.2. The van der Waals surface area contributed by atoms with Crippen LogP contribution in [0.2, 0.25) is 0 Å². The van der Waals surface area contributed by atoms with Crippen molar-refractivity contribution in [3.8, 4) is 22.4 Å². The summed E-state index contributed by atoms with van der Waals surface area (Å²) in [6, 6.07) is 12.7. The van der Waals surface area contributed by atoms with Crippen LogP contribution in [-0.4, -0.2) is 109 Å². The molecule has 6 heterocycles. The average Bonchev–Trinajstić information content (AvgIpc) is 3.64. The molecule has 0 amide bonds. The summed E-state index contributed by atoms with van der Waals surface area (Å²) in [5.74, 6) is 0.708. The van der Waals surface area contributed by atoms with E-state index in [4.69, 9.17) is 19.7 Å². The Balaban J connectivity index is 0.994. The summed E-state index contributed by atoms with van der Waals surface area (Å²) in [6.45, 7) is 8.02. The van der Waals surface area contributed by atoms with Gasteiger partial charge in [0.25, 0.3) is 0 Å². The van der Waals surface area contributed by atoms with Gasteiger partial charge in [-0.25, -0.2) is 19.6 Å². The number of hydrogen-bond donors (Lipinski definition) is 0. The van der Waals surface area contributed by atoms with E-state index in [2.05, 4.69) is 61.4 Å². The predicted molar refractivity (Wildman–Crippen MR) is 160 cm³/mol. The molecule has 1 unspecified atom stereocenters. The fraction of sp³-hybridized carbons (Fsp3) is 0.400. The number of benzene rings is 1. The van der Waals surface area contributed by atoms with E-state index in [0.29, 0.717) is 25.6 Å². The SMILES string of the molecule is CN1CCN(Cc2ccc(-c3cnc(N4CCOC(Cn5nnc6ccc(-c7cnn(C)c7)nc65)C4)nc3)cc2)CC1. The fourth-order valence-corrected chi connectivity index (χ4v) is 5.60. The maximum atomic E-state index is 6.10. The largest absolute Gasteiger partial charge is 0.373 e. The van der Waals surface area contributed by atoms with Gasteiger partial charge in [-0.05, 0) is 30.3 Å². The molecule has 2 aliphatic heterocycles. The van der Waals surface area contributed by atoms with Gasteiger partial charge < -0.3 is 14.5 Å². The number of anilines is 1. The number of aryl methyl sites for hydroxylation is 1. The van der Waals surface area contributed by atoms with Crippen molar-refractivity contribution in [2.24, 2.45) is 7.05 Å². The number of nitrogens with zero attached hydrogens (tertiary/aromatic N) is 11. The summed E-state index contributed by atoms with van der Waals surface area (Å²) >= 11 is 0. The highest BCUT2D eigenvalue weighted by molar-refractivity contribution is 5.74. The third kappa shape index (κ3) is 5.73. The van der Waals surface area contributed by atoms with Gasteiger partial charge in [-0.15, -0.1) is 5.10 Å². The molecule has 7 rings (SSSR count). The first-order valence-electron chi connectivity index (χ1n) is 14.5. The minimum Gasteiger partial charge on any atom is -0.373 e. The lowest BCUT2D eigenvalue weighted by Crippen LogP contribution is -2.45. The Morgan fingerprint density at radius 2 is 1.67 bits per heavy atom. The van der Waals surface area contributed by atoms with Gasteiger partial charge in [-0.2, -0.15) is 5.10 Å². The first-order valence-corrected chi connectivity index (χ1v) is 14.5. The van der Waals surface area contributed by atoms with Crippen LogP contribution in [0.3, 0.4) is 0 Å². The highest BCUT2D eigenvalue weighted by atomic mass is 16.5. The first-order chi connectivity index (χ1) is 20.6. The summed E-state index contributed by atoms with van der Waals surface area (Å²) in [7, 11) is 4.08. The van der Waals surface area contributed by atoms with E-state index in [-0.39, 0.29) is 6.10 Å². The molecule has 12 nitrogen and oxygen atoms in total. The summed E-state index contributed by atoms with van der Waals surface area (Å²) in [4.78, 5) is 21.3. The lowest BCUT2D eigenvalue weighted by atomic mass is 10.1. The number of ether oxygens (including phenoxy) is 1. The third-order valence-corrected chi connectivity index (χ3v) is 8.09. The van der Waals surface area contributed by atoms with E-state index in [1.165, 1.54) is 5.56 Å². The number of fused-ring (bicyclic) bond motifs is 1. The van der Waals surface area contributed by atoms with Gasteiger partial charge in [-0.3, -0.25) is 9.58 Å². The summed E-state index contributed by atoms with van der Waals surface area (Å²) < 4.78 is 9.69. The zero-order valence-corrected chi connectivity index (χ0v) is 24.0. The van der Waals surface area contributed by atoms with Crippen LogP contribution in [0.15, 0.2) is 61.2 Å². The molecule has 4 aromatic heterocycles. The number of likely N-dealkylation sites (N-methyl/N-ethyl adjacent to an activating group) is 1. The predicted octanol–water partition coefficient (Wildman–Crippen LogP) is 2.34. The molecule has 1 atom stereocenters. The molecule has 2 aliphatic rings. The monoisotopic (exact) mass is 565 g/mol. The Kier molecular flexibility index (Phi) is 7.32. The molecule has 2 saturated heterocycles. The van der Waals surface area contributed by atoms with Crippen molar-refractivity contribution < 1.29 is 4.74 Å². The van der Waals surface area contributed by atoms with Crippen LogP contribution < -0.4 is 4.90 Å². The van der Waals surface area contributed by atoms with Crippen molar-refractivity contribution in [3.05, 3.63) is 66.7 Å². The van der Waals surface area contributed by atoms with E-state index >= 15 is 0 Å². The van der Waals surface area contributed by atoms with Crippen LogP contribution in [0.25, 0.3) is 33.5 Å². The lowest BCUT2D eigenvalue weighted by molar-refractivity contribution is 0.0273. The van der Waals surface area contributed by atoms with Crippen molar-refractivity contribution in [2.45, 2.75) is 19.2 Å². The van der Waals surface area contributed by atoms with Gasteiger partial charge in [0.15, 0.2) is 5.65 Å². The molecule has 0 bridgehead atoms. The van der Waals surface area contributed by atoms with E-state index in [1.54, 1.807) is 10.9 Å². The fourth-order valence-electron chi connectivity index (χ4n) is 5.60. The zero-order valence-electron chi connectivity index (χ0n) is 24.0. The maximum Gasteiger partial charge on any atom is 0.225 e. The first kappa shape index (κ1) is 26.6. The number of aromatic nitrogens is 8. The van der Waals surface area contributed by atoms with E-state index < -0.39 is 0 Å². The molecule has 5 aromatic rings. The van der Waals surface area contributed by atoms with Gasteiger partial charge in [-0.1, -0.05) is 29.5 Å². The number of morpholine rings is 1. The molecular weight excluding hydrogens is 530 g/mol. The minimum atomic E-state index is -0.0939. The molecule has 0 radical (unpaired) electrons. The van der Waals surface area contributed by atoms with Crippen LogP contribution in [0.5, 0.6) is 0 Å². The Morgan fingerprint density at radius 1 is 0.857 bits per heavy atom. The van der Waals surface area contributed by atoms with Crippen molar-refractivity contribution in [3.63, 3.8) is 0 Å². The van der Waals surface area contributed by atoms with Gasteiger partial charge in [0.05, 0.1) is 31.1 Å². The Hall–Kier alpha value is -4.26. The Morgan fingerprint density at radius 3 is 2.43 bits per heavy atom. The van der Waals surface area contributed by atoms with Gasteiger partial charge in [0, 0.05) is 82.6 Å². The number of pyridine rings is 1. The molecular formula is C30H35N11O. The highest BCUT2D eigenvalue weighted by Crippen LogP contribution is 2.23. The van der Waals surface area contributed by atoms with E-state index in [1.807, 2.05) is 42.5 Å². The van der Waals surface area contributed by atoms with Crippen LogP contribution in [-0.2, 0) is 24.9 Å². The molecule has 0 spiro atoms. The molecule has 2 fully saturated rings. The standard InChI is InChI=1S/C30H35N11O/c1-37-9-11-39(12-10-37)18-22-3-5-23(6-4-22)24-15-31-30(32-16-24)40-13-14-42-26(20-40)21-41-29-28(35-36-41)8-7-27(34-29)25-17-33-38(2)19-25/h3-8,15-17,19,26H,9-14,18,20-21H2,1-2H3. The molecule has 216 valence electrons. The third-order valence-electron chi connectivity index (χ3n) is 8.09. The molecule has 0 N–H and O–H groups in total. The van der Waals surface area contributed by atoms with Gasteiger partial charge in [0.2, 0.25) is 5.95 Å². The van der Waals surface area contributed by atoms with Crippen LogP contribution in [0.1, 0.15) is 5.56 Å². The summed E-state index contributed by atoms with van der Waals surface area (Å²) in [5.41, 5.74) is 6.75. The highest BCUT2D eigenvalue weighted by Gasteiger charge is 2.24. The molecule has 0 aliphatic carbocycles. The van der Waals surface area contributed by atoms with Crippen molar-refractivity contribution in [1.82, 2.24) is 49.5 Å². The van der Waals surface area contributed by atoms with E-state index in [9.17, 15) is 0 Å². The minimum absolute atomic E-state index is 0.0939. The van der Waals surface area contributed by atoms with Crippen LogP contribution in [0, 0.1) is 0 Å². The Labute approximate surface area is 244 Å². The van der Waals surface area contributed by atoms with Crippen molar-refractivity contribution >= 4 is 17.1 Å². The second kappa shape index (κ2) is 11.6. The second-order valence-corrected chi connectivity index (χ2v) is 11.2. The normalized spacial score (nSPS) is 18.6. The lowest BCUT2D eigenvalue weighted by Gasteiger charge is -2.32. The van der Waals surface area contributed by atoms with Crippen molar-refractivity contribution in [1.29, 1.82) is 0 Å². The molecule has 1 aromatic carbocycles. The quantitative estimate of drug-likeness (QED) is 0.292. The van der Waals surface area contributed by atoms with Crippen LogP contribution >= 0.6 is 0 Å². The summed E-state index contributed by atoms with van der Waals surface area (Å²) in [6.07, 6.45) is 7.48.